The van der Waals surface area contributed by atoms with Crippen molar-refractivity contribution < 1.29 is 13.9 Å². The monoisotopic (exact) mass is 531 g/mol. The van der Waals surface area contributed by atoms with E-state index in [1.807, 2.05) is 12.1 Å². The Balaban J connectivity index is 1.94. The van der Waals surface area contributed by atoms with E-state index in [1.54, 1.807) is 0 Å². The molecule has 2 atom stereocenters. The van der Waals surface area contributed by atoms with Gasteiger partial charge in [-0.3, -0.25) is 0 Å². The summed E-state index contributed by atoms with van der Waals surface area (Å²) < 4.78 is 19.1. The summed E-state index contributed by atoms with van der Waals surface area (Å²) in [6.45, 7) is 16.8. The van der Waals surface area contributed by atoms with Gasteiger partial charge in [-0.15, -0.1) is 0 Å². The maximum absolute atomic E-state index is 6.59. The van der Waals surface area contributed by atoms with Gasteiger partial charge in [0.25, 0.3) is 0 Å². The molecule has 1 N–H and O–H groups in total. The summed E-state index contributed by atoms with van der Waals surface area (Å²) in [4.78, 5) is 0. The fourth-order valence-corrected chi connectivity index (χ4v) is 5.26. The molecule has 2 aromatic rings. The molecule has 1 heterocycles. The van der Waals surface area contributed by atoms with E-state index in [2.05, 4.69) is 105 Å². The number of benzene rings is 2. The van der Waals surface area contributed by atoms with Crippen molar-refractivity contribution in [2.24, 2.45) is 5.92 Å². The molecule has 0 radical (unpaired) electrons. The molecule has 1 aliphatic heterocycles. The van der Waals surface area contributed by atoms with E-state index < -0.39 is 8.32 Å². The lowest BCUT2D eigenvalue weighted by Gasteiger charge is -2.37. The Morgan fingerprint density at radius 1 is 1.06 bits per heavy atom. The van der Waals surface area contributed by atoms with Crippen molar-refractivity contribution in [1.29, 1.82) is 0 Å². The molecule has 33 heavy (non-hydrogen) atoms. The number of para-hydroxylation sites is 1. The maximum Gasteiger partial charge on any atom is 0.231 e. The van der Waals surface area contributed by atoms with Crippen LogP contribution in [-0.2, 0) is 4.43 Å². The summed E-state index contributed by atoms with van der Waals surface area (Å²) in [7, 11) is -1.82. The molecular formula is C27H38BrNO3Si. The van der Waals surface area contributed by atoms with Crippen molar-refractivity contribution in [3.63, 3.8) is 0 Å². The van der Waals surface area contributed by atoms with Crippen molar-refractivity contribution in [2.75, 3.05) is 18.7 Å². The SMILES string of the molecule is CC(C)=C(Br)[C@H](CCO[Si](C)(C)C(C)(C)C)[C@H](Nc1ccccc1)c1ccc2c(c1)OCO2. The van der Waals surface area contributed by atoms with Crippen molar-refractivity contribution in [2.45, 2.75) is 65.2 Å². The highest BCUT2D eigenvalue weighted by atomic mass is 79.9. The highest BCUT2D eigenvalue weighted by Crippen LogP contribution is 2.42. The lowest BCUT2D eigenvalue weighted by Crippen LogP contribution is -2.41. The Kier molecular flexibility index (Phi) is 8.35. The van der Waals surface area contributed by atoms with Crippen molar-refractivity contribution in [3.05, 3.63) is 64.1 Å². The number of allylic oxidation sites excluding steroid dienone is 1. The van der Waals surface area contributed by atoms with Gasteiger partial charge in [0.05, 0.1) is 6.04 Å². The third-order valence-corrected chi connectivity index (χ3v) is 12.7. The number of hydrogen-bond acceptors (Lipinski definition) is 4. The first kappa shape index (κ1) is 25.9. The summed E-state index contributed by atoms with van der Waals surface area (Å²) in [5, 5.41) is 3.99. The maximum atomic E-state index is 6.59. The Morgan fingerprint density at radius 2 is 1.73 bits per heavy atom. The van der Waals surface area contributed by atoms with Crippen LogP contribution in [0.25, 0.3) is 0 Å². The topological polar surface area (TPSA) is 39.7 Å². The van der Waals surface area contributed by atoms with Gasteiger partial charge in [0, 0.05) is 18.2 Å². The van der Waals surface area contributed by atoms with E-state index in [4.69, 9.17) is 13.9 Å². The van der Waals surface area contributed by atoms with Crippen LogP contribution in [0.2, 0.25) is 18.1 Å². The van der Waals surface area contributed by atoms with Crippen LogP contribution >= 0.6 is 15.9 Å². The van der Waals surface area contributed by atoms with Gasteiger partial charge in [0.2, 0.25) is 6.79 Å². The molecule has 0 spiro atoms. The fraction of sp³-hybridized carbons (Fsp3) is 0.481. The molecule has 0 aromatic heterocycles. The van der Waals surface area contributed by atoms with Crippen LogP contribution in [0.15, 0.2) is 58.6 Å². The first-order chi connectivity index (χ1) is 15.5. The first-order valence-corrected chi connectivity index (χ1v) is 15.4. The van der Waals surface area contributed by atoms with Crippen LogP contribution in [0.1, 0.15) is 52.6 Å². The molecule has 0 fully saturated rings. The molecule has 0 saturated heterocycles. The quantitative estimate of drug-likeness (QED) is 0.330. The van der Waals surface area contributed by atoms with Crippen LogP contribution in [0, 0.1) is 5.92 Å². The number of nitrogens with one attached hydrogen (secondary N) is 1. The van der Waals surface area contributed by atoms with Gasteiger partial charge in [-0.2, -0.15) is 0 Å². The lowest BCUT2D eigenvalue weighted by atomic mass is 9.88. The normalized spacial score (nSPS) is 15.2. The molecule has 4 nitrogen and oxygen atoms in total. The minimum absolute atomic E-state index is 0.0363. The first-order valence-electron chi connectivity index (χ1n) is 11.7. The highest BCUT2D eigenvalue weighted by Gasteiger charge is 2.37. The minimum Gasteiger partial charge on any atom is -0.454 e. The Bertz CT molecular complexity index is 965. The molecule has 180 valence electrons. The van der Waals surface area contributed by atoms with Crippen LogP contribution in [0.5, 0.6) is 11.5 Å². The number of ether oxygens (including phenoxy) is 2. The molecule has 0 amide bonds. The molecule has 0 aliphatic carbocycles. The zero-order chi connectivity index (χ0) is 24.2. The van der Waals surface area contributed by atoms with E-state index in [9.17, 15) is 0 Å². The van der Waals surface area contributed by atoms with Crippen LogP contribution in [0.4, 0.5) is 5.69 Å². The largest absolute Gasteiger partial charge is 0.454 e. The predicted octanol–water partition coefficient (Wildman–Crippen LogP) is 8.29. The van der Waals surface area contributed by atoms with E-state index in [0.717, 1.165) is 30.2 Å². The van der Waals surface area contributed by atoms with Gasteiger partial charge in [-0.1, -0.05) is 66.5 Å². The zero-order valence-corrected chi connectivity index (χ0v) is 23.6. The average Bonchev–Trinajstić information content (AvgIpc) is 3.23. The summed E-state index contributed by atoms with van der Waals surface area (Å²) in [6.07, 6.45) is 0.900. The molecule has 0 bridgehead atoms. The Morgan fingerprint density at radius 3 is 2.36 bits per heavy atom. The zero-order valence-electron chi connectivity index (χ0n) is 21.0. The highest BCUT2D eigenvalue weighted by molar-refractivity contribution is 9.11. The summed E-state index contributed by atoms with van der Waals surface area (Å²) in [5.41, 5.74) is 3.52. The van der Waals surface area contributed by atoms with Gasteiger partial charge < -0.3 is 19.2 Å². The number of fused-ring (bicyclic) bond motifs is 1. The van der Waals surface area contributed by atoms with Gasteiger partial charge >= 0.3 is 0 Å². The average molecular weight is 533 g/mol. The third kappa shape index (κ3) is 6.43. The van der Waals surface area contributed by atoms with E-state index in [0.29, 0.717) is 0 Å². The summed E-state index contributed by atoms with van der Waals surface area (Å²) in [5.74, 6) is 1.80. The van der Waals surface area contributed by atoms with Crippen molar-refractivity contribution >= 4 is 29.9 Å². The third-order valence-electron chi connectivity index (χ3n) is 6.76. The number of hydrogen-bond donors (Lipinski definition) is 1. The number of halogens is 1. The van der Waals surface area contributed by atoms with Crippen LogP contribution in [0.3, 0.4) is 0 Å². The second-order valence-electron chi connectivity index (χ2n) is 10.5. The molecule has 0 saturated carbocycles. The predicted molar refractivity (Wildman–Crippen MR) is 144 cm³/mol. The fourth-order valence-electron chi connectivity index (χ4n) is 3.70. The Hall–Kier alpha value is -1.76. The van der Waals surface area contributed by atoms with Crippen molar-refractivity contribution in [1.82, 2.24) is 0 Å². The van der Waals surface area contributed by atoms with E-state index in [-0.39, 0.29) is 23.8 Å². The standard InChI is InChI=1S/C27H38BrNO3Si/c1-19(2)25(28)22(15-16-32-33(6,7)27(3,4)5)26(29-21-11-9-8-10-12-21)20-13-14-23-24(17-20)31-18-30-23/h8-14,17,22,26,29H,15-16,18H2,1-7H3/t22-,26+/m0/s1. The Labute approximate surface area is 209 Å². The molecule has 0 unspecified atom stereocenters. The van der Waals surface area contributed by atoms with Gasteiger partial charge in [-0.05, 0) is 72.7 Å². The molecule has 1 aliphatic rings. The lowest BCUT2D eigenvalue weighted by molar-refractivity contribution is 0.174. The minimum atomic E-state index is -1.82. The number of rotatable bonds is 9. The smallest absolute Gasteiger partial charge is 0.231 e. The van der Waals surface area contributed by atoms with Crippen LogP contribution < -0.4 is 14.8 Å². The summed E-state index contributed by atoms with van der Waals surface area (Å²) >= 11 is 3.94. The van der Waals surface area contributed by atoms with Crippen LogP contribution in [-0.4, -0.2) is 21.7 Å². The van der Waals surface area contributed by atoms with E-state index in [1.165, 1.54) is 15.6 Å². The van der Waals surface area contributed by atoms with E-state index >= 15 is 0 Å². The second-order valence-corrected chi connectivity index (χ2v) is 16.1. The van der Waals surface area contributed by atoms with Gasteiger partial charge in [0.15, 0.2) is 19.8 Å². The second kappa shape index (κ2) is 10.7. The molecule has 2 aromatic carbocycles. The summed E-state index contributed by atoms with van der Waals surface area (Å²) in [6, 6.07) is 16.7. The molecule has 3 rings (SSSR count). The van der Waals surface area contributed by atoms with Crippen molar-refractivity contribution in [3.8, 4) is 11.5 Å². The number of anilines is 1. The van der Waals surface area contributed by atoms with Gasteiger partial charge in [0.1, 0.15) is 0 Å². The van der Waals surface area contributed by atoms with Gasteiger partial charge in [-0.25, -0.2) is 0 Å². The molecule has 6 heteroatoms. The molecular weight excluding hydrogens is 494 g/mol.